The number of ether oxygens (including phenoxy) is 1. The average Bonchev–Trinajstić information content (AvgIpc) is 2.89. The Morgan fingerprint density at radius 3 is 2.39 bits per heavy atom. The van der Waals surface area contributed by atoms with E-state index in [1.165, 1.54) is 18.2 Å². The number of hydrogen-bond acceptors (Lipinski definition) is 6. The van der Waals surface area contributed by atoms with E-state index in [9.17, 15) is 18.0 Å². The summed E-state index contributed by atoms with van der Waals surface area (Å²) in [6, 6.07) is 19.2. The third kappa shape index (κ3) is 6.38. The van der Waals surface area contributed by atoms with Crippen LogP contribution in [0.1, 0.15) is 42.0 Å². The van der Waals surface area contributed by atoms with Gasteiger partial charge in [-0.3, -0.25) is 0 Å². The Morgan fingerprint density at radius 1 is 1.00 bits per heavy atom. The number of aryl methyl sites for hydroxylation is 3. The Morgan fingerprint density at radius 2 is 1.71 bits per heavy atom. The van der Waals surface area contributed by atoms with Crippen LogP contribution in [0.25, 0.3) is 11.0 Å². The summed E-state index contributed by atoms with van der Waals surface area (Å²) in [5.74, 6) is -0.567. The van der Waals surface area contributed by atoms with Crippen molar-refractivity contribution in [2.24, 2.45) is 0 Å². The molecule has 1 N–H and O–H groups in total. The molecule has 4 rings (SSSR count). The predicted molar refractivity (Wildman–Crippen MR) is 147 cm³/mol. The molecule has 0 aliphatic heterocycles. The summed E-state index contributed by atoms with van der Waals surface area (Å²) in [5.41, 5.74) is 2.94. The Hall–Kier alpha value is -3.75. The summed E-state index contributed by atoms with van der Waals surface area (Å²) in [4.78, 5) is 25.7. The first kappa shape index (κ1) is 27.3. The van der Waals surface area contributed by atoms with Crippen LogP contribution in [-0.4, -0.2) is 20.4 Å². The maximum atomic E-state index is 13.4. The van der Waals surface area contributed by atoms with Gasteiger partial charge in [0.25, 0.3) is 0 Å². The fourth-order valence-electron chi connectivity index (χ4n) is 4.27. The number of carbonyl (C=O) groups is 1. The summed E-state index contributed by atoms with van der Waals surface area (Å²) < 4.78 is 40.0. The lowest BCUT2D eigenvalue weighted by Crippen LogP contribution is -2.44. The number of fused-ring (bicyclic) bond motifs is 1. The van der Waals surface area contributed by atoms with Crippen molar-refractivity contribution >= 4 is 27.0 Å². The van der Waals surface area contributed by atoms with Gasteiger partial charge in [0.2, 0.25) is 10.0 Å². The normalized spacial score (nSPS) is 12.4. The fourth-order valence-corrected chi connectivity index (χ4v) is 5.45. The second-order valence-electron chi connectivity index (χ2n) is 9.36. The second kappa shape index (κ2) is 11.8. The highest BCUT2D eigenvalue weighted by molar-refractivity contribution is 7.89. The largest absolute Gasteiger partial charge is 0.425 e. The molecule has 1 aromatic heterocycles. The maximum absolute atomic E-state index is 13.4. The van der Waals surface area contributed by atoms with Crippen molar-refractivity contribution in [1.29, 1.82) is 0 Å². The first-order valence-corrected chi connectivity index (χ1v) is 14.1. The first-order chi connectivity index (χ1) is 18.2. The van der Waals surface area contributed by atoms with Crippen molar-refractivity contribution in [2.45, 2.75) is 57.4 Å². The molecule has 4 aromatic rings. The quantitative estimate of drug-likeness (QED) is 0.170. The monoisotopic (exact) mass is 533 g/mol. The molecule has 0 aliphatic rings. The van der Waals surface area contributed by atoms with Gasteiger partial charge in [-0.05, 0) is 68.5 Å². The van der Waals surface area contributed by atoms with Crippen LogP contribution in [0.2, 0.25) is 0 Å². The SMILES string of the molecule is CCCCc1cc(=O)oc2c(C)c(OC(=O)[C@@H](Cc3ccccc3)NS(=O)(=O)c3ccc(C)cc3)ccc12. The molecular formula is C30H31NO6S. The van der Waals surface area contributed by atoms with Crippen LogP contribution in [-0.2, 0) is 27.7 Å². The lowest BCUT2D eigenvalue weighted by Gasteiger charge is -2.19. The molecule has 7 nitrogen and oxygen atoms in total. The first-order valence-electron chi connectivity index (χ1n) is 12.6. The molecule has 0 radical (unpaired) electrons. The maximum Gasteiger partial charge on any atom is 0.336 e. The van der Waals surface area contributed by atoms with Gasteiger partial charge in [-0.1, -0.05) is 61.4 Å². The number of benzene rings is 3. The molecule has 3 aromatic carbocycles. The molecule has 0 saturated carbocycles. The number of carbonyl (C=O) groups excluding carboxylic acids is 1. The summed E-state index contributed by atoms with van der Waals surface area (Å²) in [6.45, 7) is 5.65. The van der Waals surface area contributed by atoms with Crippen molar-refractivity contribution in [1.82, 2.24) is 4.72 Å². The third-order valence-electron chi connectivity index (χ3n) is 6.40. The highest BCUT2D eigenvalue weighted by atomic mass is 32.2. The van der Waals surface area contributed by atoms with Crippen LogP contribution >= 0.6 is 0 Å². The lowest BCUT2D eigenvalue weighted by molar-refractivity contribution is -0.136. The zero-order valence-electron chi connectivity index (χ0n) is 21.7. The van der Waals surface area contributed by atoms with Gasteiger partial charge in [-0.2, -0.15) is 4.72 Å². The zero-order chi connectivity index (χ0) is 27.3. The molecule has 0 bridgehead atoms. The van der Waals surface area contributed by atoms with Crippen LogP contribution in [0, 0.1) is 13.8 Å². The van der Waals surface area contributed by atoms with Crippen molar-refractivity contribution in [3.63, 3.8) is 0 Å². The number of esters is 1. The molecule has 0 amide bonds. The van der Waals surface area contributed by atoms with E-state index in [1.54, 1.807) is 31.2 Å². The van der Waals surface area contributed by atoms with E-state index < -0.39 is 27.7 Å². The van der Waals surface area contributed by atoms with E-state index in [4.69, 9.17) is 9.15 Å². The van der Waals surface area contributed by atoms with E-state index in [2.05, 4.69) is 11.6 Å². The molecule has 38 heavy (non-hydrogen) atoms. The molecule has 0 fully saturated rings. The van der Waals surface area contributed by atoms with E-state index >= 15 is 0 Å². The topological polar surface area (TPSA) is 103 Å². The van der Waals surface area contributed by atoms with E-state index in [0.29, 0.717) is 11.1 Å². The summed E-state index contributed by atoms with van der Waals surface area (Å²) in [5, 5.41) is 0.788. The van der Waals surface area contributed by atoms with E-state index in [1.807, 2.05) is 37.3 Å². The minimum atomic E-state index is -4.01. The Bertz CT molecular complexity index is 1590. The molecular weight excluding hydrogens is 502 g/mol. The number of hydrogen-bond donors (Lipinski definition) is 1. The molecule has 1 heterocycles. The minimum Gasteiger partial charge on any atom is -0.425 e. The summed E-state index contributed by atoms with van der Waals surface area (Å²) >= 11 is 0. The van der Waals surface area contributed by atoms with Crippen LogP contribution in [0.5, 0.6) is 5.75 Å². The highest BCUT2D eigenvalue weighted by Gasteiger charge is 2.28. The van der Waals surface area contributed by atoms with Crippen LogP contribution in [0.3, 0.4) is 0 Å². The van der Waals surface area contributed by atoms with Gasteiger partial charge in [0.05, 0.1) is 4.90 Å². The molecule has 1 atom stereocenters. The van der Waals surface area contributed by atoms with Crippen molar-refractivity contribution in [2.75, 3.05) is 0 Å². The number of rotatable bonds is 10. The Kier molecular flexibility index (Phi) is 8.44. The highest BCUT2D eigenvalue weighted by Crippen LogP contribution is 2.29. The summed E-state index contributed by atoms with van der Waals surface area (Å²) in [6.07, 6.45) is 2.74. The lowest BCUT2D eigenvalue weighted by atomic mass is 10.0. The minimum absolute atomic E-state index is 0.0530. The number of nitrogens with one attached hydrogen (secondary N) is 1. The van der Waals surface area contributed by atoms with Gasteiger partial charge in [0.1, 0.15) is 17.4 Å². The Labute approximate surface area is 222 Å². The van der Waals surface area contributed by atoms with Crippen LogP contribution in [0.4, 0.5) is 0 Å². The Balaban J connectivity index is 1.66. The van der Waals surface area contributed by atoms with Crippen molar-refractivity contribution in [3.8, 4) is 5.75 Å². The smallest absolute Gasteiger partial charge is 0.336 e. The van der Waals surface area contributed by atoms with E-state index in [-0.39, 0.29) is 17.1 Å². The molecule has 0 saturated heterocycles. The number of sulfonamides is 1. The molecule has 198 valence electrons. The van der Waals surface area contributed by atoms with Gasteiger partial charge < -0.3 is 9.15 Å². The number of unbranched alkanes of at least 4 members (excludes halogenated alkanes) is 1. The average molecular weight is 534 g/mol. The van der Waals surface area contributed by atoms with Crippen LogP contribution in [0.15, 0.2) is 86.9 Å². The van der Waals surface area contributed by atoms with Gasteiger partial charge in [0, 0.05) is 17.0 Å². The molecule has 0 aliphatic carbocycles. The van der Waals surface area contributed by atoms with Gasteiger partial charge in [0.15, 0.2) is 0 Å². The second-order valence-corrected chi connectivity index (χ2v) is 11.1. The van der Waals surface area contributed by atoms with Gasteiger partial charge in [-0.25, -0.2) is 18.0 Å². The van der Waals surface area contributed by atoms with Crippen molar-refractivity contribution in [3.05, 3.63) is 105 Å². The third-order valence-corrected chi connectivity index (χ3v) is 7.89. The fraction of sp³-hybridized carbons (Fsp3) is 0.267. The zero-order valence-corrected chi connectivity index (χ0v) is 22.5. The molecule has 0 spiro atoms. The van der Waals surface area contributed by atoms with Gasteiger partial charge in [-0.15, -0.1) is 0 Å². The van der Waals surface area contributed by atoms with Crippen molar-refractivity contribution < 1.29 is 22.4 Å². The molecule has 8 heteroatoms. The molecule has 0 unspecified atom stereocenters. The van der Waals surface area contributed by atoms with Gasteiger partial charge >= 0.3 is 11.6 Å². The van der Waals surface area contributed by atoms with E-state index in [0.717, 1.165) is 41.3 Å². The predicted octanol–water partition coefficient (Wildman–Crippen LogP) is 5.25. The standard InChI is InChI=1S/C30H31NO6S/c1-4-5-11-23-19-28(32)37-29-21(3)27(17-16-25(23)29)36-30(33)26(18-22-9-7-6-8-10-22)31-38(34,35)24-14-12-20(2)13-15-24/h6-10,12-17,19,26,31H,4-5,11,18H2,1-3H3/t26-/m1/s1. The van der Waals surface area contributed by atoms with Crippen LogP contribution < -0.4 is 15.1 Å². The summed E-state index contributed by atoms with van der Waals surface area (Å²) in [7, 11) is -4.01.